The quantitative estimate of drug-likeness (QED) is 0.284. The SMILES string of the molecule is CC[C@H](/C=C/[C@@H](C)[C@H]1CC[C@H]2[C@@H]3CC[C@@H]4[C@@H](COC(C)=O)CC[C@]4(C)[C@H]3CC[C@]12C)C(C)C. The van der Waals surface area contributed by atoms with Crippen LogP contribution in [0, 0.1) is 64.1 Å². The third-order valence-corrected chi connectivity index (χ3v) is 11.8. The number of rotatable bonds is 7. The van der Waals surface area contributed by atoms with Crippen LogP contribution >= 0.6 is 0 Å². The van der Waals surface area contributed by atoms with Gasteiger partial charge in [-0.05, 0) is 122 Å². The summed E-state index contributed by atoms with van der Waals surface area (Å²) in [6.45, 7) is 17.1. The molecular weight excluding hydrogens is 404 g/mol. The fourth-order valence-corrected chi connectivity index (χ4v) is 9.94. The molecule has 2 heteroatoms. The Morgan fingerprint density at radius 1 is 0.909 bits per heavy atom. The zero-order valence-electron chi connectivity index (χ0n) is 22.7. The predicted molar refractivity (Wildman–Crippen MR) is 138 cm³/mol. The van der Waals surface area contributed by atoms with Gasteiger partial charge >= 0.3 is 5.97 Å². The maximum atomic E-state index is 11.4. The molecule has 4 aliphatic rings. The van der Waals surface area contributed by atoms with Crippen LogP contribution in [0.3, 0.4) is 0 Å². The number of allylic oxidation sites excluding steroid dienone is 2. The summed E-state index contributed by atoms with van der Waals surface area (Å²) in [4.78, 5) is 11.4. The van der Waals surface area contributed by atoms with Crippen molar-refractivity contribution >= 4 is 5.97 Å². The van der Waals surface area contributed by atoms with Gasteiger partial charge in [0.2, 0.25) is 0 Å². The van der Waals surface area contributed by atoms with E-state index in [1.165, 1.54) is 57.8 Å². The first-order valence-electron chi connectivity index (χ1n) is 14.4. The van der Waals surface area contributed by atoms with Gasteiger partial charge in [-0.15, -0.1) is 0 Å². The minimum absolute atomic E-state index is 0.107. The van der Waals surface area contributed by atoms with Crippen molar-refractivity contribution in [2.24, 2.45) is 64.1 Å². The van der Waals surface area contributed by atoms with Crippen LogP contribution in [-0.2, 0) is 9.53 Å². The minimum atomic E-state index is -0.107. The maximum Gasteiger partial charge on any atom is 0.302 e. The van der Waals surface area contributed by atoms with Crippen molar-refractivity contribution in [2.45, 2.75) is 106 Å². The van der Waals surface area contributed by atoms with Gasteiger partial charge in [0.25, 0.3) is 0 Å². The predicted octanol–water partition coefficient (Wildman–Crippen LogP) is 8.31. The summed E-state index contributed by atoms with van der Waals surface area (Å²) in [6, 6.07) is 0. The van der Waals surface area contributed by atoms with Crippen molar-refractivity contribution in [3.8, 4) is 0 Å². The fraction of sp³-hybridized carbons (Fsp3) is 0.903. The van der Waals surface area contributed by atoms with Gasteiger partial charge in [-0.1, -0.05) is 53.7 Å². The van der Waals surface area contributed by atoms with Crippen LogP contribution in [0.5, 0.6) is 0 Å². The largest absolute Gasteiger partial charge is 0.466 e. The van der Waals surface area contributed by atoms with Crippen LogP contribution < -0.4 is 0 Å². The molecule has 0 saturated heterocycles. The van der Waals surface area contributed by atoms with E-state index in [0.717, 1.165) is 41.4 Å². The Hall–Kier alpha value is -0.790. The van der Waals surface area contributed by atoms with Crippen molar-refractivity contribution in [2.75, 3.05) is 6.61 Å². The lowest BCUT2D eigenvalue weighted by Crippen LogP contribution is -2.51. The van der Waals surface area contributed by atoms with Crippen LogP contribution in [0.15, 0.2) is 12.2 Å². The highest BCUT2D eigenvalue weighted by Gasteiger charge is 2.62. The zero-order chi connectivity index (χ0) is 24.0. The number of hydrogen-bond donors (Lipinski definition) is 0. The van der Waals surface area contributed by atoms with E-state index in [1.807, 2.05) is 0 Å². The van der Waals surface area contributed by atoms with Crippen LogP contribution in [0.1, 0.15) is 106 Å². The molecule has 0 N–H and O–H groups in total. The number of carbonyl (C=O) groups is 1. The van der Waals surface area contributed by atoms with Gasteiger partial charge in [0.1, 0.15) is 0 Å². The highest BCUT2D eigenvalue weighted by Crippen LogP contribution is 2.69. The Morgan fingerprint density at radius 3 is 2.24 bits per heavy atom. The van der Waals surface area contributed by atoms with Crippen LogP contribution in [0.25, 0.3) is 0 Å². The Balaban J connectivity index is 1.46. The topological polar surface area (TPSA) is 26.3 Å². The lowest BCUT2D eigenvalue weighted by atomic mass is 9.47. The summed E-state index contributed by atoms with van der Waals surface area (Å²) >= 11 is 0. The van der Waals surface area contributed by atoms with Crippen molar-refractivity contribution in [3.63, 3.8) is 0 Å². The molecule has 0 aromatic heterocycles. The summed E-state index contributed by atoms with van der Waals surface area (Å²) in [5.41, 5.74) is 1.01. The Labute approximate surface area is 204 Å². The standard InChI is InChI=1S/C31H52O2/c1-8-23(20(2)3)10-9-21(4)26-13-14-28-25-11-12-27-24(19-33-22(5)32)15-17-31(27,7)29(25)16-18-30(26,28)6/h9-10,20-21,23-29H,8,11-19H2,1-7H3/b10-9+/t21-,23-,24-,25+,26-,27-,28+,29+,30-,31+/m1/s1. The van der Waals surface area contributed by atoms with E-state index in [1.54, 1.807) is 6.92 Å². The second-order valence-electron chi connectivity index (χ2n) is 13.5. The average molecular weight is 457 g/mol. The van der Waals surface area contributed by atoms with Crippen LogP contribution in [0.2, 0.25) is 0 Å². The number of carbonyl (C=O) groups excluding carboxylic acids is 1. The highest BCUT2D eigenvalue weighted by molar-refractivity contribution is 5.65. The second-order valence-corrected chi connectivity index (χ2v) is 13.5. The van der Waals surface area contributed by atoms with E-state index in [9.17, 15) is 4.79 Å². The van der Waals surface area contributed by atoms with Gasteiger partial charge < -0.3 is 4.74 Å². The van der Waals surface area contributed by atoms with Crippen molar-refractivity contribution in [1.29, 1.82) is 0 Å². The molecule has 33 heavy (non-hydrogen) atoms. The third-order valence-electron chi connectivity index (χ3n) is 11.8. The molecule has 0 aromatic carbocycles. The molecular formula is C31H52O2. The van der Waals surface area contributed by atoms with E-state index < -0.39 is 0 Å². The molecule has 0 heterocycles. The molecule has 0 amide bonds. The second kappa shape index (κ2) is 9.69. The highest BCUT2D eigenvalue weighted by atomic mass is 16.5. The monoisotopic (exact) mass is 456 g/mol. The Morgan fingerprint density at radius 2 is 1.58 bits per heavy atom. The smallest absolute Gasteiger partial charge is 0.302 e. The number of ether oxygens (including phenoxy) is 1. The van der Waals surface area contributed by atoms with Crippen LogP contribution in [0.4, 0.5) is 0 Å². The van der Waals surface area contributed by atoms with Crippen molar-refractivity contribution < 1.29 is 9.53 Å². The summed E-state index contributed by atoms with van der Waals surface area (Å²) in [5.74, 6) is 7.04. The molecule has 4 aliphatic carbocycles. The summed E-state index contributed by atoms with van der Waals surface area (Å²) in [7, 11) is 0. The van der Waals surface area contributed by atoms with E-state index in [-0.39, 0.29) is 5.97 Å². The Bertz CT molecular complexity index is 724. The molecule has 0 aliphatic heterocycles. The number of esters is 1. The van der Waals surface area contributed by atoms with Gasteiger partial charge in [0, 0.05) is 6.92 Å². The van der Waals surface area contributed by atoms with Gasteiger partial charge in [-0.25, -0.2) is 0 Å². The minimum Gasteiger partial charge on any atom is -0.466 e. The maximum absolute atomic E-state index is 11.4. The average Bonchev–Trinajstić information content (AvgIpc) is 3.29. The molecule has 0 spiro atoms. The first kappa shape index (κ1) is 25.3. The first-order valence-corrected chi connectivity index (χ1v) is 14.4. The fourth-order valence-electron chi connectivity index (χ4n) is 9.94. The van der Waals surface area contributed by atoms with Gasteiger partial charge in [0.05, 0.1) is 6.61 Å². The molecule has 4 fully saturated rings. The zero-order valence-corrected chi connectivity index (χ0v) is 22.7. The normalized spacial score (nSPS) is 44.4. The molecule has 0 radical (unpaired) electrons. The van der Waals surface area contributed by atoms with E-state index in [4.69, 9.17) is 4.74 Å². The molecule has 4 rings (SSSR count). The van der Waals surface area contributed by atoms with Gasteiger partial charge in [-0.3, -0.25) is 4.79 Å². The van der Waals surface area contributed by atoms with Crippen molar-refractivity contribution in [3.05, 3.63) is 12.2 Å². The molecule has 10 atom stereocenters. The number of hydrogen-bond acceptors (Lipinski definition) is 2. The molecule has 2 nitrogen and oxygen atoms in total. The molecule has 0 unspecified atom stereocenters. The summed E-state index contributed by atoms with van der Waals surface area (Å²) in [5, 5.41) is 0. The first-order chi connectivity index (χ1) is 15.6. The van der Waals surface area contributed by atoms with E-state index >= 15 is 0 Å². The van der Waals surface area contributed by atoms with Crippen molar-refractivity contribution in [1.82, 2.24) is 0 Å². The van der Waals surface area contributed by atoms with E-state index in [0.29, 0.717) is 29.3 Å². The van der Waals surface area contributed by atoms with E-state index in [2.05, 4.69) is 53.7 Å². The summed E-state index contributed by atoms with van der Waals surface area (Å²) in [6.07, 6.45) is 17.6. The molecule has 4 saturated carbocycles. The van der Waals surface area contributed by atoms with Gasteiger partial charge in [0.15, 0.2) is 0 Å². The number of fused-ring (bicyclic) bond motifs is 5. The van der Waals surface area contributed by atoms with Crippen LogP contribution in [-0.4, -0.2) is 12.6 Å². The molecule has 0 aromatic rings. The molecule has 0 bridgehead atoms. The third kappa shape index (κ3) is 4.47. The lowest BCUT2D eigenvalue weighted by Gasteiger charge is -2.58. The molecule has 188 valence electrons. The van der Waals surface area contributed by atoms with Gasteiger partial charge in [-0.2, -0.15) is 0 Å². The Kier molecular flexibility index (Phi) is 7.43. The lowest BCUT2D eigenvalue weighted by molar-refractivity contribution is -0.144. The summed E-state index contributed by atoms with van der Waals surface area (Å²) < 4.78 is 5.50.